The van der Waals surface area contributed by atoms with E-state index in [9.17, 15) is 0 Å². The standard InChI is InChI=1S/C78H58N4Se.C2H6/c1-2-3-50-83-64-46-47-69-72(53-64)78(55-38-42-61(43-39-55)80(57-24-10-5-11-25-57)63-45-49-76-71(52-63)66-31-19-21-35-74(66)82(76)59-28-14-7-15-29-59)68-33-17-16-32-67(68)77(69)54-36-40-60(41-37-54)79(56-22-8-4-9-23-56)62-44-48-75-70(51-62)65-30-18-20-34-73(65)81(75)58-26-12-6-13-27-58;1-2/h4-49,51-53H,2-3,50H2,1H3;1-2H3. The first-order valence-corrected chi connectivity index (χ1v) is 31.9. The van der Waals surface area contributed by atoms with Crippen LogP contribution in [-0.4, -0.2) is 24.1 Å². The van der Waals surface area contributed by atoms with Crippen LogP contribution in [0.4, 0.5) is 34.1 Å². The average molecular weight is 1160 g/mol. The number of aromatic nitrogens is 2. The minimum atomic E-state index is 0.365. The Morgan fingerprint density at radius 1 is 0.294 bits per heavy atom. The summed E-state index contributed by atoms with van der Waals surface area (Å²) in [5.41, 5.74) is 18.6. The number of rotatable bonds is 14. The van der Waals surface area contributed by atoms with Crippen LogP contribution in [0.1, 0.15) is 33.6 Å². The SMILES string of the molecule is CC.CCCC[Se]c1ccc2c(-c3ccc(N(c4ccccc4)c4ccc5c(c4)c4ccccc4n5-c4ccccc4)cc3)c3ccccc3c(-c3ccc(N(c4ccccc4)c4ccc5c(c4)c4ccccc4n5-c4ccccc4)cc3)c2c1. The molecule has 0 bridgehead atoms. The fourth-order valence-corrected chi connectivity index (χ4v) is 14.9. The fraction of sp³-hybridized carbons (Fsp3) is 0.0750. The molecule has 0 amide bonds. The van der Waals surface area contributed by atoms with Crippen molar-refractivity contribution in [3.05, 3.63) is 297 Å². The molecule has 13 aromatic carbocycles. The molecule has 0 N–H and O–H groups in total. The molecule has 0 aliphatic heterocycles. The van der Waals surface area contributed by atoms with E-state index in [1.165, 1.54) is 110 Å². The zero-order chi connectivity index (χ0) is 57.2. The van der Waals surface area contributed by atoms with Crippen LogP contribution < -0.4 is 14.3 Å². The number of para-hydroxylation sites is 6. The van der Waals surface area contributed by atoms with Crippen LogP contribution in [0.5, 0.6) is 0 Å². The van der Waals surface area contributed by atoms with Gasteiger partial charge in [0.1, 0.15) is 0 Å². The predicted molar refractivity (Wildman–Crippen MR) is 367 cm³/mol. The van der Waals surface area contributed by atoms with Gasteiger partial charge in [0.2, 0.25) is 0 Å². The number of hydrogen-bond donors (Lipinski definition) is 0. The number of hydrogen-bond acceptors (Lipinski definition) is 2. The van der Waals surface area contributed by atoms with Gasteiger partial charge in [-0.25, -0.2) is 0 Å². The molecule has 0 atom stereocenters. The van der Waals surface area contributed by atoms with Crippen molar-refractivity contribution in [2.45, 2.75) is 38.9 Å². The first kappa shape index (κ1) is 53.1. The number of fused-ring (bicyclic) bond motifs is 8. The predicted octanol–water partition coefficient (Wildman–Crippen LogP) is 22.0. The summed E-state index contributed by atoms with van der Waals surface area (Å²) in [7, 11) is 0. The molecule has 410 valence electrons. The van der Waals surface area contributed by atoms with Gasteiger partial charge in [0.05, 0.1) is 22.1 Å². The molecule has 0 spiro atoms. The van der Waals surface area contributed by atoms with Crippen molar-refractivity contribution < 1.29 is 0 Å². The van der Waals surface area contributed by atoms with Crippen LogP contribution in [-0.2, 0) is 0 Å². The molecule has 2 aromatic heterocycles. The van der Waals surface area contributed by atoms with Crippen molar-refractivity contribution >= 4 is 119 Å². The van der Waals surface area contributed by atoms with Crippen LogP contribution in [0.3, 0.4) is 0 Å². The average Bonchev–Trinajstić information content (AvgIpc) is 2.85. The normalized spacial score (nSPS) is 11.4. The Kier molecular flexibility index (Phi) is 14.6. The molecule has 0 unspecified atom stereocenters. The molecule has 0 saturated carbocycles. The third-order valence-corrected chi connectivity index (χ3v) is 18.7. The van der Waals surface area contributed by atoms with Crippen LogP contribution in [0.15, 0.2) is 297 Å². The van der Waals surface area contributed by atoms with Crippen LogP contribution in [0.25, 0.3) is 98.8 Å². The zero-order valence-electron chi connectivity index (χ0n) is 48.1. The maximum atomic E-state index is 2.53. The molecule has 0 saturated heterocycles. The number of unbranched alkanes of at least 4 members (excludes halogenated alkanes) is 1. The minimum absolute atomic E-state index is 0.365. The molecule has 0 aliphatic carbocycles. The van der Waals surface area contributed by atoms with E-state index in [4.69, 9.17) is 0 Å². The molecule has 15 rings (SSSR count). The van der Waals surface area contributed by atoms with E-state index >= 15 is 0 Å². The van der Waals surface area contributed by atoms with Gasteiger partial charge in [-0.1, -0.05) is 111 Å². The van der Waals surface area contributed by atoms with Crippen molar-refractivity contribution in [2.24, 2.45) is 0 Å². The number of benzene rings is 13. The molecular weight excluding hydrogens is 1100 g/mol. The molecule has 4 nitrogen and oxygen atoms in total. The van der Waals surface area contributed by atoms with Crippen molar-refractivity contribution in [3.8, 4) is 33.6 Å². The van der Waals surface area contributed by atoms with Gasteiger partial charge in [-0.15, -0.1) is 0 Å². The van der Waals surface area contributed by atoms with Gasteiger partial charge in [-0.2, -0.15) is 0 Å². The van der Waals surface area contributed by atoms with Crippen molar-refractivity contribution in [3.63, 3.8) is 0 Å². The molecule has 15 aromatic rings. The zero-order valence-corrected chi connectivity index (χ0v) is 49.8. The van der Waals surface area contributed by atoms with Gasteiger partial charge in [0, 0.05) is 27.5 Å². The fourth-order valence-electron chi connectivity index (χ4n) is 12.7. The summed E-state index contributed by atoms with van der Waals surface area (Å²) in [4.78, 5) is 4.80. The molecule has 0 aliphatic rings. The Morgan fingerprint density at radius 3 is 1.09 bits per heavy atom. The monoisotopic (exact) mass is 1160 g/mol. The first-order valence-electron chi connectivity index (χ1n) is 29.9. The van der Waals surface area contributed by atoms with E-state index in [1.54, 1.807) is 0 Å². The van der Waals surface area contributed by atoms with Gasteiger partial charge >= 0.3 is 295 Å². The number of anilines is 6. The van der Waals surface area contributed by atoms with Crippen molar-refractivity contribution in [1.29, 1.82) is 0 Å². The Balaban J connectivity index is 0.00000317. The third-order valence-electron chi connectivity index (χ3n) is 16.5. The second kappa shape index (κ2) is 23.4. The van der Waals surface area contributed by atoms with E-state index in [1.807, 2.05) is 13.8 Å². The molecule has 5 heteroatoms. The summed E-state index contributed by atoms with van der Waals surface area (Å²) in [6, 6.07) is 109. The Hall–Kier alpha value is -9.90. The molecule has 2 heterocycles. The van der Waals surface area contributed by atoms with Gasteiger partial charge in [-0.3, -0.25) is 0 Å². The second-order valence-electron chi connectivity index (χ2n) is 21.4. The summed E-state index contributed by atoms with van der Waals surface area (Å²) in [5, 5.41) is 11.2. The second-order valence-corrected chi connectivity index (χ2v) is 23.9. The van der Waals surface area contributed by atoms with E-state index in [-0.39, 0.29) is 0 Å². The van der Waals surface area contributed by atoms with Crippen LogP contribution in [0, 0.1) is 0 Å². The first-order chi connectivity index (χ1) is 42.2. The summed E-state index contributed by atoms with van der Waals surface area (Å²) >= 11 is 0.365. The van der Waals surface area contributed by atoms with E-state index in [0.717, 1.165) is 45.5 Å². The van der Waals surface area contributed by atoms with Crippen LogP contribution in [0.2, 0.25) is 5.32 Å². The Labute approximate surface area is 504 Å². The van der Waals surface area contributed by atoms with Crippen molar-refractivity contribution in [1.82, 2.24) is 9.13 Å². The van der Waals surface area contributed by atoms with E-state index < -0.39 is 0 Å². The Morgan fingerprint density at radius 2 is 0.647 bits per heavy atom. The molecule has 0 fully saturated rings. The van der Waals surface area contributed by atoms with Gasteiger partial charge in [0.25, 0.3) is 0 Å². The van der Waals surface area contributed by atoms with Crippen LogP contribution >= 0.6 is 0 Å². The van der Waals surface area contributed by atoms with Gasteiger partial charge < -0.3 is 9.13 Å². The molecule has 0 radical (unpaired) electrons. The quantitative estimate of drug-likeness (QED) is 0.0613. The molecule has 85 heavy (non-hydrogen) atoms. The Bertz CT molecular complexity index is 4840. The summed E-state index contributed by atoms with van der Waals surface area (Å²) in [6.45, 7) is 6.30. The number of nitrogens with zero attached hydrogens (tertiary/aromatic N) is 4. The topological polar surface area (TPSA) is 16.3 Å². The summed E-state index contributed by atoms with van der Waals surface area (Å²) in [6.07, 6.45) is 2.45. The third kappa shape index (κ3) is 9.72. The maximum absolute atomic E-state index is 2.53. The van der Waals surface area contributed by atoms with E-state index in [2.05, 4.69) is 323 Å². The van der Waals surface area contributed by atoms with Gasteiger partial charge in [-0.05, 0) is 42.5 Å². The van der Waals surface area contributed by atoms with E-state index in [0.29, 0.717) is 15.0 Å². The summed E-state index contributed by atoms with van der Waals surface area (Å²) < 4.78 is 6.21. The summed E-state index contributed by atoms with van der Waals surface area (Å²) in [5.74, 6) is 0. The molecular formula is C80H64N4Se. The van der Waals surface area contributed by atoms with Crippen molar-refractivity contribution in [2.75, 3.05) is 9.80 Å². The van der Waals surface area contributed by atoms with Gasteiger partial charge in [0.15, 0.2) is 0 Å².